The predicted octanol–water partition coefficient (Wildman–Crippen LogP) is 0.939. The Morgan fingerprint density at radius 3 is 2.43 bits per heavy atom. The van der Waals surface area contributed by atoms with E-state index in [-0.39, 0.29) is 17.5 Å². The molecule has 6 heteroatoms. The van der Waals surface area contributed by atoms with Gasteiger partial charge in [0.15, 0.2) is 12.0 Å². The van der Waals surface area contributed by atoms with E-state index in [4.69, 9.17) is 0 Å². The van der Waals surface area contributed by atoms with Gasteiger partial charge in [0.1, 0.15) is 0 Å². The lowest BCUT2D eigenvalue weighted by atomic mass is 9.99. The highest BCUT2D eigenvalue weighted by molar-refractivity contribution is 6.34. The predicted molar refractivity (Wildman–Crippen MR) is 74.8 cm³/mol. The fraction of sp³-hybridized carbons (Fsp3) is 0.267. The van der Waals surface area contributed by atoms with Crippen LogP contribution in [0.2, 0.25) is 0 Å². The van der Waals surface area contributed by atoms with Crippen molar-refractivity contribution in [3.8, 4) is 0 Å². The van der Waals surface area contributed by atoms with Crippen LogP contribution in [0.1, 0.15) is 18.1 Å². The molecule has 0 bridgehead atoms. The summed E-state index contributed by atoms with van der Waals surface area (Å²) in [6.45, 7) is 4.79. The summed E-state index contributed by atoms with van der Waals surface area (Å²) in [5.41, 5.74) is -0.926. The van der Waals surface area contributed by atoms with E-state index in [0.717, 1.165) is 10.5 Å². The van der Waals surface area contributed by atoms with Crippen molar-refractivity contribution in [2.75, 3.05) is 4.90 Å². The monoisotopic (exact) mass is 289 g/mol. The van der Waals surface area contributed by atoms with Crippen LogP contribution in [0.3, 0.4) is 0 Å². The molecule has 1 heterocycles. The second-order valence-electron chi connectivity index (χ2n) is 5.06. The molecular formula is C15H15NO5. The van der Waals surface area contributed by atoms with Crippen molar-refractivity contribution >= 4 is 23.7 Å². The highest BCUT2D eigenvalue weighted by Gasteiger charge is 2.55. The molecule has 0 fully saturated rings. The molecule has 1 aliphatic rings. The maximum Gasteiger partial charge on any atom is 0.296 e. The van der Waals surface area contributed by atoms with Gasteiger partial charge < -0.3 is 10.2 Å². The quantitative estimate of drug-likeness (QED) is 0.638. The average Bonchev–Trinajstić information content (AvgIpc) is 2.61. The maximum atomic E-state index is 12.2. The number of aliphatic hydroxyl groups excluding tert-OH is 1. The van der Waals surface area contributed by atoms with Crippen molar-refractivity contribution in [2.45, 2.75) is 26.5 Å². The number of aldehydes is 1. The number of benzene rings is 1. The summed E-state index contributed by atoms with van der Waals surface area (Å²) in [7, 11) is 0. The average molecular weight is 289 g/mol. The minimum atomic E-state index is -2.48. The van der Waals surface area contributed by atoms with Crippen molar-refractivity contribution in [3.05, 3.63) is 40.7 Å². The van der Waals surface area contributed by atoms with Gasteiger partial charge in [-0.3, -0.25) is 19.3 Å². The van der Waals surface area contributed by atoms with Gasteiger partial charge in [0.2, 0.25) is 5.72 Å². The SMILES string of the molecule is CC1=C(O)C(=O)N(c2ccc(C)cc2C)C1(O)C(=O)C=O. The van der Waals surface area contributed by atoms with Gasteiger partial charge >= 0.3 is 0 Å². The fourth-order valence-electron chi connectivity index (χ4n) is 2.46. The fourth-order valence-corrected chi connectivity index (χ4v) is 2.46. The van der Waals surface area contributed by atoms with Crippen molar-refractivity contribution in [1.82, 2.24) is 0 Å². The van der Waals surface area contributed by atoms with E-state index in [2.05, 4.69) is 0 Å². The van der Waals surface area contributed by atoms with Crippen LogP contribution in [-0.4, -0.2) is 33.9 Å². The van der Waals surface area contributed by atoms with E-state index in [1.807, 2.05) is 6.92 Å². The van der Waals surface area contributed by atoms with E-state index in [0.29, 0.717) is 5.56 Å². The number of hydrogen-bond donors (Lipinski definition) is 2. The minimum absolute atomic E-state index is 0.0636. The topological polar surface area (TPSA) is 94.9 Å². The zero-order valence-corrected chi connectivity index (χ0v) is 11.9. The van der Waals surface area contributed by atoms with E-state index >= 15 is 0 Å². The number of anilines is 1. The highest BCUT2D eigenvalue weighted by atomic mass is 16.3. The molecule has 0 spiro atoms. The zero-order chi connectivity index (χ0) is 15.9. The Labute approximate surface area is 121 Å². The van der Waals surface area contributed by atoms with Gasteiger partial charge in [-0.2, -0.15) is 0 Å². The number of nitrogens with zero attached hydrogens (tertiary/aromatic N) is 1. The molecule has 0 saturated carbocycles. The second kappa shape index (κ2) is 4.82. The number of Topliss-reactive ketones (excluding diaryl/α,β-unsaturated/α-hetero) is 1. The summed E-state index contributed by atoms with van der Waals surface area (Å²) in [6, 6.07) is 5.02. The largest absolute Gasteiger partial charge is 0.503 e. The van der Waals surface area contributed by atoms with Crippen molar-refractivity contribution in [3.63, 3.8) is 0 Å². The Kier molecular flexibility index (Phi) is 3.43. The first-order chi connectivity index (χ1) is 9.75. The van der Waals surface area contributed by atoms with Gasteiger partial charge in [0.25, 0.3) is 11.7 Å². The van der Waals surface area contributed by atoms with E-state index < -0.39 is 23.2 Å². The van der Waals surface area contributed by atoms with Gasteiger partial charge in [0, 0.05) is 5.57 Å². The molecule has 110 valence electrons. The Balaban J connectivity index is 2.69. The molecule has 0 radical (unpaired) electrons. The Hall–Kier alpha value is -2.47. The molecule has 0 aliphatic carbocycles. The van der Waals surface area contributed by atoms with Crippen LogP contribution in [0.25, 0.3) is 0 Å². The van der Waals surface area contributed by atoms with Crippen LogP contribution in [-0.2, 0) is 14.4 Å². The lowest BCUT2D eigenvalue weighted by Gasteiger charge is -2.32. The summed E-state index contributed by atoms with van der Waals surface area (Å²) in [6.07, 6.45) is -0.0636. The summed E-state index contributed by atoms with van der Waals surface area (Å²) in [5.74, 6) is -2.86. The van der Waals surface area contributed by atoms with Gasteiger partial charge in [-0.15, -0.1) is 0 Å². The molecule has 21 heavy (non-hydrogen) atoms. The van der Waals surface area contributed by atoms with Crippen LogP contribution in [0.5, 0.6) is 0 Å². The van der Waals surface area contributed by atoms with Crippen LogP contribution >= 0.6 is 0 Å². The second-order valence-corrected chi connectivity index (χ2v) is 5.06. The summed E-state index contributed by atoms with van der Waals surface area (Å²) in [4.78, 5) is 35.6. The molecular weight excluding hydrogens is 274 g/mol. The first kappa shape index (κ1) is 14.9. The minimum Gasteiger partial charge on any atom is -0.503 e. The molecule has 1 atom stereocenters. The molecule has 1 aliphatic heterocycles. The van der Waals surface area contributed by atoms with E-state index in [1.165, 1.54) is 6.92 Å². The number of carbonyl (C=O) groups is 3. The number of ketones is 1. The van der Waals surface area contributed by atoms with Crippen LogP contribution in [0.4, 0.5) is 5.69 Å². The molecule has 1 aromatic carbocycles. The molecule has 1 unspecified atom stereocenters. The number of amides is 1. The molecule has 2 rings (SSSR count). The highest BCUT2D eigenvalue weighted by Crippen LogP contribution is 2.38. The lowest BCUT2D eigenvalue weighted by molar-refractivity contribution is -0.141. The van der Waals surface area contributed by atoms with E-state index in [9.17, 15) is 24.6 Å². The van der Waals surface area contributed by atoms with Gasteiger partial charge in [-0.25, -0.2) is 0 Å². The number of rotatable bonds is 3. The summed E-state index contributed by atoms with van der Waals surface area (Å²) < 4.78 is 0. The van der Waals surface area contributed by atoms with E-state index in [1.54, 1.807) is 25.1 Å². The van der Waals surface area contributed by atoms with Crippen LogP contribution < -0.4 is 4.90 Å². The molecule has 6 nitrogen and oxygen atoms in total. The Morgan fingerprint density at radius 1 is 1.29 bits per heavy atom. The van der Waals surface area contributed by atoms with Crippen LogP contribution in [0, 0.1) is 13.8 Å². The number of hydrogen-bond acceptors (Lipinski definition) is 5. The maximum absolute atomic E-state index is 12.2. The zero-order valence-electron chi connectivity index (χ0n) is 11.9. The lowest BCUT2D eigenvalue weighted by Crippen LogP contribution is -2.55. The molecule has 1 aromatic rings. The standard InChI is InChI=1S/C15H15NO5/c1-8-4-5-11(9(2)6-8)16-14(20)13(19)10(3)15(16,21)12(18)7-17/h4-7,19,21H,1-3H3. The Bertz CT molecular complexity index is 691. The van der Waals surface area contributed by atoms with Gasteiger partial charge in [-0.1, -0.05) is 17.7 Å². The molecule has 0 aromatic heterocycles. The number of aryl methyl sites for hydroxylation is 2. The van der Waals surface area contributed by atoms with Crippen LogP contribution in [0.15, 0.2) is 29.5 Å². The molecule has 2 N–H and O–H groups in total. The Morgan fingerprint density at radius 2 is 1.90 bits per heavy atom. The molecule has 0 saturated heterocycles. The molecule has 1 amide bonds. The summed E-state index contributed by atoms with van der Waals surface area (Å²) >= 11 is 0. The number of aliphatic hydroxyl groups is 2. The van der Waals surface area contributed by atoms with Crippen molar-refractivity contribution in [2.24, 2.45) is 0 Å². The number of carbonyl (C=O) groups excluding carboxylic acids is 3. The summed E-state index contributed by atoms with van der Waals surface area (Å²) in [5, 5.41) is 20.4. The van der Waals surface area contributed by atoms with Gasteiger partial charge in [-0.05, 0) is 32.4 Å². The van der Waals surface area contributed by atoms with Gasteiger partial charge in [0.05, 0.1) is 5.69 Å². The first-order valence-electron chi connectivity index (χ1n) is 6.29. The van der Waals surface area contributed by atoms with Crippen molar-refractivity contribution < 1.29 is 24.6 Å². The third-order valence-corrected chi connectivity index (χ3v) is 3.65. The van der Waals surface area contributed by atoms with Crippen molar-refractivity contribution in [1.29, 1.82) is 0 Å². The first-order valence-corrected chi connectivity index (χ1v) is 6.29. The normalized spacial score (nSPS) is 21.9. The smallest absolute Gasteiger partial charge is 0.296 e. The third-order valence-electron chi connectivity index (χ3n) is 3.65. The third kappa shape index (κ3) is 1.95.